The summed E-state index contributed by atoms with van der Waals surface area (Å²) in [6.45, 7) is 0.641. The van der Waals surface area contributed by atoms with Crippen molar-refractivity contribution in [2.75, 3.05) is 32.5 Å². The molecule has 2 aromatic rings. The Morgan fingerprint density at radius 2 is 2.12 bits per heavy atom. The van der Waals surface area contributed by atoms with Crippen LogP contribution in [0.2, 0.25) is 0 Å². The van der Waals surface area contributed by atoms with Gasteiger partial charge in [-0.15, -0.1) is 0 Å². The zero-order valence-corrected chi connectivity index (χ0v) is 13.9. The summed E-state index contributed by atoms with van der Waals surface area (Å²) in [5.41, 5.74) is 6.26. The number of nitrogen functional groups attached to an aromatic ring is 1. The van der Waals surface area contributed by atoms with Gasteiger partial charge in [0.1, 0.15) is 23.4 Å². The molecule has 2 N–H and O–H groups in total. The minimum Gasteiger partial charge on any atom is -0.497 e. The first-order valence-electron chi connectivity index (χ1n) is 7.34. The molecule has 1 aromatic carbocycles. The van der Waals surface area contributed by atoms with Crippen LogP contribution in [0.25, 0.3) is 0 Å². The van der Waals surface area contributed by atoms with Crippen LogP contribution in [-0.4, -0.2) is 49.5 Å². The van der Waals surface area contributed by atoms with Gasteiger partial charge in [-0.25, -0.2) is 13.4 Å². The number of hydrogen-bond donors (Lipinski definition) is 1. The molecule has 8 nitrogen and oxygen atoms in total. The van der Waals surface area contributed by atoms with Crippen molar-refractivity contribution in [2.24, 2.45) is 0 Å². The highest BCUT2D eigenvalue weighted by Crippen LogP contribution is 2.28. The van der Waals surface area contributed by atoms with Crippen LogP contribution in [0.15, 0.2) is 41.6 Å². The average molecular weight is 350 g/mol. The molecule has 1 fully saturated rings. The molecule has 9 heteroatoms. The van der Waals surface area contributed by atoms with E-state index in [0.717, 1.165) is 0 Å². The van der Waals surface area contributed by atoms with Gasteiger partial charge in [0.05, 0.1) is 18.6 Å². The van der Waals surface area contributed by atoms with Crippen molar-refractivity contribution >= 4 is 15.8 Å². The van der Waals surface area contributed by atoms with Crippen molar-refractivity contribution in [1.82, 2.24) is 14.3 Å². The van der Waals surface area contributed by atoms with Gasteiger partial charge in [-0.3, -0.25) is 4.98 Å². The number of nitrogens with zero attached hydrogens (tertiary/aromatic N) is 3. The van der Waals surface area contributed by atoms with Gasteiger partial charge in [0, 0.05) is 31.5 Å². The molecule has 0 amide bonds. The van der Waals surface area contributed by atoms with Crippen LogP contribution in [0, 0.1) is 0 Å². The van der Waals surface area contributed by atoms with Crippen molar-refractivity contribution < 1.29 is 17.9 Å². The van der Waals surface area contributed by atoms with Crippen LogP contribution < -0.4 is 10.5 Å². The minimum atomic E-state index is -3.66. The van der Waals surface area contributed by atoms with Crippen molar-refractivity contribution in [3.63, 3.8) is 0 Å². The van der Waals surface area contributed by atoms with Crippen LogP contribution in [0.5, 0.6) is 5.75 Å². The average Bonchev–Trinajstić information content (AvgIpc) is 2.62. The summed E-state index contributed by atoms with van der Waals surface area (Å²) in [6.07, 6.45) is 2.43. The van der Waals surface area contributed by atoms with Crippen molar-refractivity contribution in [1.29, 1.82) is 0 Å². The molecule has 1 aliphatic heterocycles. The number of rotatable bonds is 4. The molecule has 24 heavy (non-hydrogen) atoms. The van der Waals surface area contributed by atoms with E-state index in [1.165, 1.54) is 29.9 Å². The maximum atomic E-state index is 12.9. The van der Waals surface area contributed by atoms with Crippen LogP contribution in [0.4, 0.5) is 5.82 Å². The fourth-order valence-electron chi connectivity index (χ4n) is 2.53. The molecule has 0 saturated carbocycles. The van der Waals surface area contributed by atoms with E-state index >= 15 is 0 Å². The van der Waals surface area contributed by atoms with Gasteiger partial charge in [-0.1, -0.05) is 6.07 Å². The van der Waals surface area contributed by atoms with Gasteiger partial charge in [-0.2, -0.15) is 4.31 Å². The Bertz CT molecular complexity index is 828. The lowest BCUT2D eigenvalue weighted by Crippen LogP contribution is -2.42. The molecule has 1 aliphatic rings. The number of morpholine rings is 1. The third-order valence-electron chi connectivity index (χ3n) is 3.77. The lowest BCUT2D eigenvalue weighted by molar-refractivity contribution is -0.00465. The molecule has 1 atom stereocenters. The topological polar surface area (TPSA) is 108 Å². The summed E-state index contributed by atoms with van der Waals surface area (Å²) in [5.74, 6) is 0.724. The molecular formula is C15H18N4O4S. The summed E-state index contributed by atoms with van der Waals surface area (Å²) in [7, 11) is -2.17. The monoisotopic (exact) mass is 350 g/mol. The fourth-order valence-corrected chi connectivity index (χ4v) is 3.99. The predicted octanol–water partition coefficient (Wildman–Crippen LogP) is 0.830. The maximum absolute atomic E-state index is 12.9. The largest absolute Gasteiger partial charge is 0.497 e. The first-order chi connectivity index (χ1) is 11.5. The SMILES string of the molecule is COc1cccc(S(=O)(=O)N2CCOC(c3nccnc3N)C2)c1. The van der Waals surface area contributed by atoms with Crippen molar-refractivity contribution in [3.8, 4) is 5.75 Å². The number of hydrogen-bond acceptors (Lipinski definition) is 7. The second-order valence-electron chi connectivity index (χ2n) is 5.23. The smallest absolute Gasteiger partial charge is 0.243 e. The standard InChI is InChI=1S/C15H18N4O4S/c1-22-11-3-2-4-12(9-11)24(20,21)19-7-8-23-13(10-19)14-15(16)18-6-5-17-14/h2-6,9,13H,7-8,10H2,1H3,(H2,16,18). The number of ether oxygens (including phenoxy) is 2. The number of methoxy groups -OCH3 is 1. The fraction of sp³-hybridized carbons (Fsp3) is 0.333. The van der Waals surface area contributed by atoms with Gasteiger partial charge >= 0.3 is 0 Å². The van der Waals surface area contributed by atoms with E-state index < -0.39 is 16.1 Å². The zero-order valence-electron chi connectivity index (χ0n) is 13.1. The predicted molar refractivity (Wildman–Crippen MR) is 86.9 cm³/mol. The van der Waals surface area contributed by atoms with E-state index in [-0.39, 0.29) is 30.4 Å². The van der Waals surface area contributed by atoms with E-state index in [0.29, 0.717) is 11.4 Å². The Morgan fingerprint density at radius 1 is 1.33 bits per heavy atom. The minimum absolute atomic E-state index is 0.127. The lowest BCUT2D eigenvalue weighted by Gasteiger charge is -2.32. The lowest BCUT2D eigenvalue weighted by atomic mass is 10.2. The summed E-state index contributed by atoms with van der Waals surface area (Å²) in [6, 6.07) is 6.38. The molecule has 0 radical (unpaired) electrons. The number of benzene rings is 1. The van der Waals surface area contributed by atoms with Crippen LogP contribution in [-0.2, 0) is 14.8 Å². The normalized spacial score (nSPS) is 19.1. The molecule has 1 aromatic heterocycles. The third-order valence-corrected chi connectivity index (χ3v) is 5.63. The Balaban J connectivity index is 1.87. The van der Waals surface area contributed by atoms with Crippen LogP contribution >= 0.6 is 0 Å². The molecule has 0 aliphatic carbocycles. The van der Waals surface area contributed by atoms with Gasteiger partial charge in [0.25, 0.3) is 0 Å². The number of anilines is 1. The van der Waals surface area contributed by atoms with E-state index in [1.807, 2.05) is 0 Å². The van der Waals surface area contributed by atoms with Crippen LogP contribution in [0.3, 0.4) is 0 Å². The first kappa shape index (κ1) is 16.6. The third kappa shape index (κ3) is 3.18. The molecule has 1 saturated heterocycles. The Kier molecular flexibility index (Phi) is 4.65. The van der Waals surface area contributed by atoms with E-state index in [9.17, 15) is 8.42 Å². The first-order valence-corrected chi connectivity index (χ1v) is 8.78. The second kappa shape index (κ2) is 6.71. The van der Waals surface area contributed by atoms with Crippen LogP contribution in [0.1, 0.15) is 11.8 Å². The van der Waals surface area contributed by atoms with Gasteiger partial charge in [-0.05, 0) is 12.1 Å². The Labute approximate surface area is 140 Å². The number of nitrogens with two attached hydrogens (primary N) is 1. The highest BCUT2D eigenvalue weighted by Gasteiger charge is 2.33. The highest BCUT2D eigenvalue weighted by atomic mass is 32.2. The molecule has 1 unspecified atom stereocenters. The van der Waals surface area contributed by atoms with E-state index in [4.69, 9.17) is 15.2 Å². The Hall–Kier alpha value is -2.23. The molecule has 3 rings (SSSR count). The van der Waals surface area contributed by atoms with E-state index in [1.54, 1.807) is 18.2 Å². The quantitative estimate of drug-likeness (QED) is 0.870. The summed E-state index contributed by atoms with van der Waals surface area (Å²) < 4.78 is 37.8. The number of sulfonamides is 1. The molecule has 2 heterocycles. The molecular weight excluding hydrogens is 332 g/mol. The second-order valence-corrected chi connectivity index (χ2v) is 7.17. The molecule has 128 valence electrons. The summed E-state index contributed by atoms with van der Waals surface area (Å²) in [4.78, 5) is 8.31. The maximum Gasteiger partial charge on any atom is 0.243 e. The summed E-state index contributed by atoms with van der Waals surface area (Å²) in [5, 5.41) is 0. The zero-order chi connectivity index (χ0) is 17.2. The molecule has 0 spiro atoms. The van der Waals surface area contributed by atoms with Gasteiger partial charge < -0.3 is 15.2 Å². The number of aromatic nitrogens is 2. The van der Waals surface area contributed by atoms with Crippen molar-refractivity contribution in [3.05, 3.63) is 42.4 Å². The summed E-state index contributed by atoms with van der Waals surface area (Å²) >= 11 is 0. The van der Waals surface area contributed by atoms with Gasteiger partial charge in [0.2, 0.25) is 10.0 Å². The van der Waals surface area contributed by atoms with Gasteiger partial charge in [0.15, 0.2) is 0 Å². The Morgan fingerprint density at radius 3 is 2.88 bits per heavy atom. The van der Waals surface area contributed by atoms with E-state index in [2.05, 4.69) is 9.97 Å². The van der Waals surface area contributed by atoms with Crippen molar-refractivity contribution in [2.45, 2.75) is 11.0 Å². The highest BCUT2D eigenvalue weighted by molar-refractivity contribution is 7.89. The molecule has 0 bridgehead atoms.